The number of fused-ring (bicyclic) bond motifs is 1. The molecular weight excluding hydrogens is 244 g/mol. The number of rotatable bonds is 4. The predicted molar refractivity (Wildman–Crippen MR) is 72.8 cm³/mol. The molecule has 5 nitrogen and oxygen atoms in total. The van der Waals surface area contributed by atoms with Crippen LogP contribution in [0.5, 0.6) is 0 Å². The van der Waals surface area contributed by atoms with E-state index in [4.69, 9.17) is 0 Å². The number of H-pyrrole nitrogens is 1. The van der Waals surface area contributed by atoms with Crippen molar-refractivity contribution in [2.45, 2.75) is 19.8 Å². The Bertz CT molecular complexity index is 661. The zero-order valence-corrected chi connectivity index (χ0v) is 10.9. The molecule has 0 saturated carbocycles. The van der Waals surface area contributed by atoms with Crippen LogP contribution in [0, 0.1) is 6.92 Å². The van der Waals surface area contributed by atoms with Gasteiger partial charge in [-0.3, -0.25) is 14.4 Å². The van der Waals surface area contributed by atoms with Gasteiger partial charge in [-0.25, -0.2) is 5.48 Å². The Hall–Kier alpha value is -2.14. The highest BCUT2D eigenvalue weighted by Crippen LogP contribution is 2.13. The summed E-state index contributed by atoms with van der Waals surface area (Å²) in [6.45, 7) is 1.97. The number of aromatic amines is 1. The van der Waals surface area contributed by atoms with Crippen LogP contribution in [-0.4, -0.2) is 18.0 Å². The minimum atomic E-state index is -0.245. The van der Waals surface area contributed by atoms with Crippen molar-refractivity contribution >= 4 is 16.8 Å². The molecule has 0 aliphatic carbocycles. The van der Waals surface area contributed by atoms with E-state index in [-0.39, 0.29) is 17.9 Å². The summed E-state index contributed by atoms with van der Waals surface area (Å²) in [5, 5.41) is 0.965. The van der Waals surface area contributed by atoms with Gasteiger partial charge in [0.15, 0.2) is 0 Å². The highest BCUT2D eigenvalue weighted by Gasteiger charge is 2.06. The lowest BCUT2D eigenvalue weighted by Crippen LogP contribution is -2.23. The van der Waals surface area contributed by atoms with Gasteiger partial charge in [-0.05, 0) is 36.4 Å². The number of hydrogen-bond acceptors (Lipinski definition) is 3. The maximum absolute atomic E-state index is 11.9. The Morgan fingerprint density at radius 2 is 2.16 bits per heavy atom. The second kappa shape index (κ2) is 5.67. The highest BCUT2D eigenvalue weighted by atomic mass is 16.6. The second-order valence-corrected chi connectivity index (χ2v) is 4.44. The zero-order chi connectivity index (χ0) is 13.8. The number of aryl methyl sites for hydroxylation is 2. The first-order valence-electron chi connectivity index (χ1n) is 6.04. The Balaban J connectivity index is 2.24. The number of amides is 1. The number of hydroxylamine groups is 1. The molecule has 0 spiro atoms. The fourth-order valence-electron chi connectivity index (χ4n) is 1.96. The Labute approximate surface area is 110 Å². The summed E-state index contributed by atoms with van der Waals surface area (Å²) < 4.78 is 0. The molecule has 2 aromatic rings. The molecule has 0 atom stereocenters. The van der Waals surface area contributed by atoms with Gasteiger partial charge in [0.1, 0.15) is 0 Å². The maximum Gasteiger partial charge on any atom is 0.251 e. The highest BCUT2D eigenvalue weighted by molar-refractivity contribution is 5.80. The number of hydrogen-bond donors (Lipinski definition) is 2. The van der Waals surface area contributed by atoms with E-state index in [1.807, 2.05) is 31.2 Å². The molecule has 1 aromatic heterocycles. The monoisotopic (exact) mass is 260 g/mol. The fraction of sp³-hybridized carbons (Fsp3) is 0.286. The number of pyridine rings is 1. The average Bonchev–Trinajstić information content (AvgIpc) is 2.36. The van der Waals surface area contributed by atoms with E-state index in [1.54, 1.807) is 0 Å². The van der Waals surface area contributed by atoms with Gasteiger partial charge in [-0.1, -0.05) is 12.1 Å². The lowest BCUT2D eigenvalue weighted by Gasteiger charge is -2.04. The van der Waals surface area contributed by atoms with Crippen LogP contribution in [0.2, 0.25) is 0 Å². The molecule has 1 aromatic carbocycles. The fourth-order valence-corrected chi connectivity index (χ4v) is 1.96. The summed E-state index contributed by atoms with van der Waals surface area (Å²) in [6.07, 6.45) is 0.600. The molecule has 0 fully saturated rings. The number of carbonyl (C=O) groups excluding carboxylic acids is 1. The summed E-state index contributed by atoms with van der Waals surface area (Å²) in [4.78, 5) is 30.5. The number of carbonyl (C=O) groups is 1. The zero-order valence-electron chi connectivity index (χ0n) is 10.9. The smallest absolute Gasteiger partial charge is 0.251 e. The van der Waals surface area contributed by atoms with Crippen molar-refractivity contribution in [1.82, 2.24) is 10.5 Å². The average molecular weight is 260 g/mol. The molecule has 2 rings (SSSR count). The lowest BCUT2D eigenvalue weighted by atomic mass is 10.1. The number of nitrogens with one attached hydrogen (secondary N) is 2. The van der Waals surface area contributed by atoms with Gasteiger partial charge < -0.3 is 4.98 Å². The molecule has 0 aliphatic rings. The van der Waals surface area contributed by atoms with Gasteiger partial charge in [-0.15, -0.1) is 0 Å². The van der Waals surface area contributed by atoms with Crippen LogP contribution in [-0.2, 0) is 16.1 Å². The van der Waals surface area contributed by atoms with Crippen molar-refractivity contribution in [2.24, 2.45) is 0 Å². The Kier molecular flexibility index (Phi) is 3.97. The van der Waals surface area contributed by atoms with Crippen molar-refractivity contribution in [3.05, 3.63) is 45.7 Å². The molecule has 0 radical (unpaired) electrons. The molecule has 5 heteroatoms. The molecule has 1 amide bonds. The van der Waals surface area contributed by atoms with Crippen LogP contribution in [0.3, 0.4) is 0 Å². The summed E-state index contributed by atoms with van der Waals surface area (Å²) in [6, 6.07) is 7.70. The van der Waals surface area contributed by atoms with Gasteiger partial charge in [0.25, 0.3) is 5.56 Å². The number of aromatic nitrogens is 1. The van der Waals surface area contributed by atoms with E-state index in [1.165, 1.54) is 7.11 Å². The third-order valence-corrected chi connectivity index (χ3v) is 2.92. The quantitative estimate of drug-likeness (QED) is 0.817. The van der Waals surface area contributed by atoms with Crippen LogP contribution in [0.25, 0.3) is 10.9 Å². The van der Waals surface area contributed by atoms with Gasteiger partial charge in [-0.2, -0.15) is 0 Å². The van der Waals surface area contributed by atoms with Gasteiger partial charge in [0, 0.05) is 17.5 Å². The second-order valence-electron chi connectivity index (χ2n) is 4.44. The summed E-state index contributed by atoms with van der Waals surface area (Å²) in [5.41, 5.74) is 4.59. The van der Waals surface area contributed by atoms with Crippen molar-refractivity contribution in [1.29, 1.82) is 0 Å². The van der Waals surface area contributed by atoms with E-state index >= 15 is 0 Å². The molecule has 0 saturated heterocycles. The first-order valence-corrected chi connectivity index (χ1v) is 6.04. The molecule has 0 bridgehead atoms. The van der Waals surface area contributed by atoms with Crippen molar-refractivity contribution < 1.29 is 9.63 Å². The molecular formula is C14H16N2O3. The minimum absolute atomic E-state index is 0.150. The summed E-state index contributed by atoms with van der Waals surface area (Å²) >= 11 is 0. The first-order chi connectivity index (χ1) is 9.10. The van der Waals surface area contributed by atoms with Crippen LogP contribution in [0.1, 0.15) is 17.5 Å². The van der Waals surface area contributed by atoms with Crippen molar-refractivity contribution in [2.75, 3.05) is 7.11 Å². The van der Waals surface area contributed by atoms with E-state index in [9.17, 15) is 9.59 Å². The van der Waals surface area contributed by atoms with Gasteiger partial charge in [0.05, 0.1) is 7.11 Å². The van der Waals surface area contributed by atoms with Gasteiger partial charge in [0.2, 0.25) is 5.91 Å². The van der Waals surface area contributed by atoms with Gasteiger partial charge >= 0.3 is 0 Å². The van der Waals surface area contributed by atoms with Crippen LogP contribution >= 0.6 is 0 Å². The van der Waals surface area contributed by atoms with E-state index in [0.29, 0.717) is 12.0 Å². The lowest BCUT2D eigenvalue weighted by molar-refractivity contribution is -0.131. The third-order valence-electron chi connectivity index (χ3n) is 2.92. The van der Waals surface area contributed by atoms with Crippen molar-refractivity contribution in [3.63, 3.8) is 0 Å². The van der Waals surface area contributed by atoms with Crippen LogP contribution in [0.15, 0.2) is 29.1 Å². The molecule has 100 valence electrons. The van der Waals surface area contributed by atoms with E-state index in [0.717, 1.165) is 16.5 Å². The topological polar surface area (TPSA) is 71.2 Å². The Morgan fingerprint density at radius 3 is 2.89 bits per heavy atom. The van der Waals surface area contributed by atoms with E-state index < -0.39 is 0 Å². The standard InChI is InChI=1S/C14H16N2O3/c1-9-3-4-10-8-11(5-6-13(17)16-19-2)14(18)15-12(10)7-9/h3-4,7-8H,5-6H2,1-2H3,(H,15,18)(H,16,17). The SMILES string of the molecule is CONC(=O)CCc1cc2ccc(C)cc2[nH]c1=O. The van der Waals surface area contributed by atoms with Crippen LogP contribution in [0.4, 0.5) is 0 Å². The summed E-state index contributed by atoms with van der Waals surface area (Å²) in [7, 11) is 1.38. The van der Waals surface area contributed by atoms with E-state index in [2.05, 4.69) is 15.3 Å². The molecule has 2 N–H and O–H groups in total. The normalized spacial score (nSPS) is 10.6. The first kappa shape index (κ1) is 13.3. The van der Waals surface area contributed by atoms with Crippen molar-refractivity contribution in [3.8, 4) is 0 Å². The molecule has 0 unspecified atom stereocenters. The maximum atomic E-state index is 11.9. The number of benzene rings is 1. The third kappa shape index (κ3) is 3.20. The molecule has 0 aliphatic heterocycles. The van der Waals surface area contributed by atoms with Crippen LogP contribution < -0.4 is 11.0 Å². The predicted octanol–water partition coefficient (Wildman–Crippen LogP) is 1.45. The Morgan fingerprint density at radius 1 is 1.37 bits per heavy atom. The molecule has 19 heavy (non-hydrogen) atoms. The molecule has 1 heterocycles. The minimum Gasteiger partial charge on any atom is -0.322 e. The largest absolute Gasteiger partial charge is 0.322 e. The summed E-state index contributed by atoms with van der Waals surface area (Å²) in [5.74, 6) is -0.245.